The number of benzene rings is 4. The van der Waals surface area contributed by atoms with Crippen LogP contribution >= 0.6 is 0 Å². The highest BCUT2D eigenvalue weighted by Crippen LogP contribution is 2.44. The lowest BCUT2D eigenvalue weighted by molar-refractivity contribution is 0.130. The minimum absolute atomic E-state index is 0.211. The third-order valence-corrected chi connectivity index (χ3v) is 12.4. The summed E-state index contributed by atoms with van der Waals surface area (Å²) in [5.41, 5.74) is 1.13. The van der Waals surface area contributed by atoms with E-state index in [1.54, 1.807) is 0 Å². The zero-order chi connectivity index (χ0) is 44.8. The number of aliphatic imine (C=N–C) groups is 4. The number of hydrogen-bond donors (Lipinski definition) is 2. The van der Waals surface area contributed by atoms with E-state index in [1.165, 1.54) is 8.47 Å². The van der Waals surface area contributed by atoms with Crippen molar-refractivity contribution in [2.45, 2.75) is 105 Å². The largest absolute Gasteiger partial charge is 0.597 e. The zero-order valence-corrected chi connectivity index (χ0v) is 38.5. The molecule has 2 N–H and O–H groups in total. The molecule has 2 aromatic heterocycles. The van der Waals surface area contributed by atoms with Gasteiger partial charge in [-0.15, -0.1) is 0 Å². The number of rotatable bonds is 4. The van der Waals surface area contributed by atoms with Crippen LogP contribution in [0.3, 0.4) is 0 Å². The van der Waals surface area contributed by atoms with E-state index >= 15 is 0 Å². The number of nitrogens with zero attached hydrogens (tertiary/aromatic N) is 8. The quantitative estimate of drug-likeness (QED) is 0.171. The van der Waals surface area contributed by atoms with Crippen LogP contribution in [0.5, 0.6) is 23.0 Å². The zero-order valence-electron chi connectivity index (χ0n) is 37.5. The average molecular weight is 863 g/mol. The molecule has 0 fully saturated rings. The summed E-state index contributed by atoms with van der Waals surface area (Å²) in [5, 5.41) is 2.29. The van der Waals surface area contributed by atoms with Gasteiger partial charge in [0.05, 0.1) is 0 Å². The minimum atomic E-state index is -5.14. The first-order chi connectivity index (χ1) is 29.4. The first-order valence-electron chi connectivity index (χ1n) is 21.1. The molecule has 6 heterocycles. The Morgan fingerprint density at radius 3 is 1.24 bits per heavy atom. The molecule has 0 unspecified atom stereocenters. The Morgan fingerprint density at radius 1 is 0.381 bits per heavy atom. The minimum Gasteiger partial charge on any atom is -0.488 e. The van der Waals surface area contributed by atoms with Crippen molar-refractivity contribution in [1.29, 1.82) is 0 Å². The summed E-state index contributed by atoms with van der Waals surface area (Å²) >= 11 is 0. The molecule has 63 heavy (non-hydrogen) atoms. The van der Waals surface area contributed by atoms with Crippen LogP contribution in [0.1, 0.15) is 105 Å². The Balaban J connectivity index is 1.39. The van der Waals surface area contributed by atoms with Crippen molar-refractivity contribution in [2.24, 2.45) is 30.0 Å². The topological polar surface area (TPSA) is 161 Å². The summed E-state index contributed by atoms with van der Waals surface area (Å²) in [7, 11) is -5.14. The molecule has 0 spiro atoms. The van der Waals surface area contributed by atoms with Gasteiger partial charge in [-0.3, -0.25) is 8.47 Å². The average Bonchev–Trinajstić information content (AvgIpc) is 3.84. The van der Waals surface area contributed by atoms with Crippen LogP contribution in [0, 0.1) is 0 Å². The summed E-state index contributed by atoms with van der Waals surface area (Å²) in [6, 6.07) is 22.6. The van der Waals surface area contributed by atoms with Gasteiger partial charge in [0, 0.05) is 43.8 Å². The van der Waals surface area contributed by atoms with Crippen molar-refractivity contribution in [3.8, 4) is 23.0 Å². The van der Waals surface area contributed by atoms with E-state index in [2.05, 4.69) is 0 Å². The molecular weight excluding hydrogens is 813 g/mol. The predicted molar refractivity (Wildman–Crippen MR) is 247 cm³/mol. The highest BCUT2D eigenvalue weighted by Gasteiger charge is 2.47. The lowest BCUT2D eigenvalue weighted by Crippen LogP contribution is -2.60. The molecule has 4 aliphatic heterocycles. The summed E-state index contributed by atoms with van der Waals surface area (Å²) in [4.78, 5) is 58.0. The molecule has 10 rings (SSSR count). The highest BCUT2D eigenvalue weighted by atomic mass is 28.4. The van der Waals surface area contributed by atoms with Crippen LogP contribution in [0.15, 0.2) is 103 Å². The number of ether oxygens (including phenoxy) is 4. The van der Waals surface area contributed by atoms with E-state index in [0.717, 1.165) is 0 Å². The van der Waals surface area contributed by atoms with Gasteiger partial charge in [0.15, 0.2) is 23.3 Å². The van der Waals surface area contributed by atoms with Gasteiger partial charge >= 0.3 is 8.88 Å². The maximum atomic E-state index is 13.4. The van der Waals surface area contributed by atoms with Crippen LogP contribution in [0.4, 0.5) is 11.6 Å². The summed E-state index contributed by atoms with van der Waals surface area (Å²) in [5.74, 6) is 4.10. The molecule has 0 saturated carbocycles. The number of aromatic nitrogens is 2. The molecule has 322 valence electrons. The van der Waals surface area contributed by atoms with Crippen molar-refractivity contribution in [2.75, 3.05) is 0 Å². The normalized spacial score (nSPS) is 16.2. The second-order valence-corrected chi connectivity index (χ2v) is 22.3. The first-order valence-corrected chi connectivity index (χ1v) is 22.8. The molecule has 6 aromatic rings. The monoisotopic (exact) mass is 862 g/mol. The van der Waals surface area contributed by atoms with Gasteiger partial charge in [-0.2, -0.15) is 0 Å². The molecule has 4 aliphatic rings. The Kier molecular flexibility index (Phi) is 8.58. The van der Waals surface area contributed by atoms with Gasteiger partial charge in [0.1, 0.15) is 68.0 Å². The standard InChI is InChI=1S/C48H50N8O6Si/c1-45(2,3)59-25-13-17-29-33(21-25)39-49-37(29)51-43-36-24-28(62-48(10,11)12)16-20-32(36)42-54-40-34-22-26(60-46(4,5)6)14-18-30(34)38(50-40)52-44-35-23-27(61-47(7,8)9)15-19-31(35)41(53-39)55(44)63(57,58)56(42)43/h13-24,57-58H,1-12H3. The van der Waals surface area contributed by atoms with Crippen LogP contribution in [0.25, 0.3) is 21.5 Å². The van der Waals surface area contributed by atoms with Crippen LogP contribution in [-0.2, 0) is 0 Å². The molecule has 6 bridgehead atoms. The second kappa shape index (κ2) is 13.3. The Bertz CT molecular complexity index is 3250. The van der Waals surface area contributed by atoms with Crippen molar-refractivity contribution in [3.63, 3.8) is 0 Å². The third-order valence-electron chi connectivity index (χ3n) is 10.3. The van der Waals surface area contributed by atoms with Gasteiger partial charge in [0.25, 0.3) is 0 Å². The summed E-state index contributed by atoms with van der Waals surface area (Å²) in [6.07, 6.45) is 0. The highest BCUT2D eigenvalue weighted by molar-refractivity contribution is 6.63. The van der Waals surface area contributed by atoms with E-state index in [9.17, 15) is 9.59 Å². The van der Waals surface area contributed by atoms with Crippen LogP contribution < -0.4 is 29.9 Å². The molecule has 0 amide bonds. The smallest absolute Gasteiger partial charge is 0.488 e. The van der Waals surface area contributed by atoms with Crippen molar-refractivity contribution in [3.05, 3.63) is 106 Å². The van der Waals surface area contributed by atoms with E-state index < -0.39 is 31.3 Å². The molecule has 0 aliphatic carbocycles. The molecule has 0 radical (unpaired) electrons. The second-order valence-electron chi connectivity index (χ2n) is 20.2. The molecule has 4 aromatic carbocycles. The molecule has 0 saturated heterocycles. The fraction of sp³-hybridized carbons (Fsp3) is 0.333. The molecule has 15 heteroatoms. The van der Waals surface area contributed by atoms with Crippen molar-refractivity contribution < 1.29 is 28.5 Å². The summed E-state index contributed by atoms with van der Waals surface area (Å²) in [6.45, 7) is 23.8. The maximum absolute atomic E-state index is 13.4. The SMILES string of the molecule is CC(C)(C)Oc1ccc2c(c1)C1=NC2=Nc2c3cc(OC(C)(C)C)ccc3c3n2[Si](O)(O)n2c(c4ccc(OC(C)(C)C)cc4c2=NC2=NC(=N3)c3cc(OC(C)(C)C)ccc32)=N1. The lowest BCUT2D eigenvalue weighted by Gasteiger charge is -2.23. The fourth-order valence-electron chi connectivity index (χ4n) is 8.26. The predicted octanol–water partition coefficient (Wildman–Crippen LogP) is 8.07. The van der Waals surface area contributed by atoms with Crippen molar-refractivity contribution >= 4 is 65.4 Å². The number of amidine groups is 4. The lowest BCUT2D eigenvalue weighted by atomic mass is 10.1. The van der Waals surface area contributed by atoms with Crippen molar-refractivity contribution in [1.82, 2.24) is 8.47 Å². The van der Waals surface area contributed by atoms with Crippen LogP contribution in [0.2, 0.25) is 0 Å². The maximum Gasteiger partial charge on any atom is 0.597 e. The van der Waals surface area contributed by atoms with Gasteiger partial charge in [-0.05, 0) is 156 Å². The fourth-order valence-corrected chi connectivity index (χ4v) is 10.3. The van der Waals surface area contributed by atoms with E-state index in [1.807, 2.05) is 156 Å². The van der Waals surface area contributed by atoms with Gasteiger partial charge in [0.2, 0.25) is 0 Å². The third kappa shape index (κ3) is 7.13. The van der Waals surface area contributed by atoms with Crippen LogP contribution in [-0.4, -0.2) is 72.7 Å². The Hall–Kier alpha value is -6.42. The van der Waals surface area contributed by atoms with E-state index in [-0.39, 0.29) is 22.6 Å². The molecular formula is C48H50N8O6Si. The number of fused-ring (bicyclic) bond motifs is 14. The van der Waals surface area contributed by atoms with Gasteiger partial charge in [-0.25, -0.2) is 30.0 Å². The van der Waals surface area contributed by atoms with E-state index in [0.29, 0.717) is 90.1 Å². The number of hydrogen-bond acceptors (Lipinski definition) is 12. The molecule has 0 atom stereocenters. The molecule has 14 nitrogen and oxygen atoms in total. The van der Waals surface area contributed by atoms with E-state index in [4.69, 9.17) is 48.9 Å². The first kappa shape index (κ1) is 40.6. The Morgan fingerprint density at radius 2 is 0.746 bits per heavy atom. The van der Waals surface area contributed by atoms with Gasteiger partial charge < -0.3 is 28.5 Å². The van der Waals surface area contributed by atoms with Gasteiger partial charge in [-0.1, -0.05) is 0 Å². The summed E-state index contributed by atoms with van der Waals surface area (Å²) < 4.78 is 28.3. The Labute approximate surface area is 365 Å².